The second kappa shape index (κ2) is 12.2. The van der Waals surface area contributed by atoms with Gasteiger partial charge in [-0.25, -0.2) is 18.1 Å². The van der Waals surface area contributed by atoms with Gasteiger partial charge in [0.1, 0.15) is 17.0 Å². The number of imidazole rings is 1. The van der Waals surface area contributed by atoms with Gasteiger partial charge >= 0.3 is 0 Å². The number of fused-ring (bicyclic) bond motifs is 5. The lowest BCUT2D eigenvalue weighted by Gasteiger charge is -2.33. The summed E-state index contributed by atoms with van der Waals surface area (Å²) in [7, 11) is -1.75. The van der Waals surface area contributed by atoms with Gasteiger partial charge in [-0.15, -0.1) is 0 Å². The SMILES string of the molecule is Cc1ccc(S(=O)(=O)NC2CCN(c3ccc4c(=O)c(C(=O)NCCN5CCCC5)c5n(C)c6ccccc6n5c4n3)CC2)cc1. The predicted octanol–water partition coefficient (Wildman–Crippen LogP) is 3.42. The minimum absolute atomic E-state index is 0.115. The summed E-state index contributed by atoms with van der Waals surface area (Å²) in [5, 5.41) is 3.38. The van der Waals surface area contributed by atoms with E-state index in [-0.39, 0.29) is 27.8 Å². The van der Waals surface area contributed by atoms with E-state index in [2.05, 4.69) is 19.8 Å². The maximum absolute atomic E-state index is 14.0. The van der Waals surface area contributed by atoms with E-state index in [0.29, 0.717) is 55.0 Å². The fourth-order valence-electron chi connectivity index (χ4n) is 6.87. The van der Waals surface area contributed by atoms with Gasteiger partial charge in [-0.05, 0) is 82.1 Å². The van der Waals surface area contributed by atoms with Crippen molar-refractivity contribution in [2.75, 3.05) is 44.2 Å². The number of benzene rings is 2. The molecule has 0 aliphatic carbocycles. The Hall–Kier alpha value is -4.26. The van der Waals surface area contributed by atoms with Crippen LogP contribution in [0.2, 0.25) is 0 Å². The number of para-hydroxylation sites is 2. The lowest BCUT2D eigenvalue weighted by Crippen LogP contribution is -2.44. The molecule has 7 rings (SSSR count). The standard InChI is InChI=1S/C34H39N7O4S/c1-23-9-11-25(12-10-23)46(44,45)37-24-15-20-40(21-16-24)29-14-13-26-31(42)30(33(43)35-17-22-39-18-5-6-19-39)34-38(2)27-7-3-4-8-28(27)41(34)32(26)36-29/h3-4,7-14,24,37H,5-6,15-22H2,1-2H3,(H,35,43). The molecule has 5 heterocycles. The van der Waals surface area contributed by atoms with Crippen LogP contribution in [0.1, 0.15) is 41.6 Å². The van der Waals surface area contributed by atoms with Crippen LogP contribution in [-0.4, -0.2) is 78.5 Å². The number of nitrogens with one attached hydrogen (secondary N) is 2. The third kappa shape index (κ3) is 5.54. The molecule has 0 spiro atoms. The van der Waals surface area contributed by atoms with Crippen molar-refractivity contribution in [3.05, 3.63) is 82.0 Å². The van der Waals surface area contributed by atoms with E-state index in [9.17, 15) is 18.0 Å². The van der Waals surface area contributed by atoms with E-state index < -0.39 is 10.0 Å². The fourth-order valence-corrected chi connectivity index (χ4v) is 8.17. The Morgan fingerprint density at radius 3 is 2.35 bits per heavy atom. The summed E-state index contributed by atoms with van der Waals surface area (Å²) in [6.07, 6.45) is 3.59. The number of anilines is 1. The van der Waals surface area contributed by atoms with Crippen LogP contribution in [0.3, 0.4) is 0 Å². The van der Waals surface area contributed by atoms with Crippen molar-refractivity contribution >= 4 is 49.5 Å². The van der Waals surface area contributed by atoms with Crippen molar-refractivity contribution in [1.82, 2.24) is 28.9 Å². The Morgan fingerprint density at radius 1 is 0.935 bits per heavy atom. The lowest BCUT2D eigenvalue weighted by atomic mass is 10.1. The number of amides is 1. The molecule has 2 aromatic carbocycles. The van der Waals surface area contributed by atoms with Crippen LogP contribution >= 0.6 is 0 Å². The van der Waals surface area contributed by atoms with Crippen molar-refractivity contribution < 1.29 is 13.2 Å². The molecule has 1 amide bonds. The monoisotopic (exact) mass is 641 g/mol. The molecule has 5 aromatic rings. The van der Waals surface area contributed by atoms with Gasteiger partial charge in [-0.1, -0.05) is 29.8 Å². The zero-order chi connectivity index (χ0) is 32.0. The Morgan fingerprint density at radius 2 is 1.63 bits per heavy atom. The number of carbonyl (C=O) groups is 1. The second-order valence-corrected chi connectivity index (χ2v) is 14.2. The zero-order valence-corrected chi connectivity index (χ0v) is 27.0. The van der Waals surface area contributed by atoms with Crippen LogP contribution in [0.15, 0.2) is 70.4 Å². The molecule has 2 N–H and O–H groups in total. The Kier molecular flexibility index (Phi) is 8.04. The molecule has 46 heavy (non-hydrogen) atoms. The molecule has 0 unspecified atom stereocenters. The molecule has 0 bridgehead atoms. The number of hydrogen-bond donors (Lipinski definition) is 2. The Balaban J connectivity index is 1.19. The van der Waals surface area contributed by atoms with Crippen LogP contribution in [-0.2, 0) is 17.1 Å². The predicted molar refractivity (Wildman–Crippen MR) is 180 cm³/mol. The maximum atomic E-state index is 14.0. The van der Waals surface area contributed by atoms with Crippen LogP contribution in [0.25, 0.3) is 27.7 Å². The molecule has 0 radical (unpaired) electrons. The summed E-state index contributed by atoms with van der Waals surface area (Å²) in [4.78, 5) is 37.4. The number of sulfonamides is 1. The Bertz CT molecular complexity index is 2110. The van der Waals surface area contributed by atoms with E-state index in [0.717, 1.165) is 36.2 Å². The molecular weight excluding hydrogens is 602 g/mol. The minimum atomic E-state index is -3.62. The number of pyridine rings is 2. The van der Waals surface area contributed by atoms with Crippen LogP contribution < -0.4 is 20.4 Å². The van der Waals surface area contributed by atoms with Crippen molar-refractivity contribution in [3.63, 3.8) is 0 Å². The Labute approximate surface area is 267 Å². The second-order valence-electron chi connectivity index (χ2n) is 12.5. The number of rotatable bonds is 8. The van der Waals surface area contributed by atoms with Crippen molar-refractivity contribution in [2.24, 2.45) is 7.05 Å². The number of hydrogen-bond acceptors (Lipinski definition) is 7. The number of nitrogens with zero attached hydrogens (tertiary/aromatic N) is 5. The van der Waals surface area contributed by atoms with Gasteiger partial charge in [0.05, 0.1) is 21.3 Å². The molecule has 2 aliphatic rings. The highest BCUT2D eigenvalue weighted by molar-refractivity contribution is 7.89. The third-order valence-corrected chi connectivity index (χ3v) is 10.9. The molecule has 12 heteroatoms. The summed E-state index contributed by atoms with van der Waals surface area (Å²) in [6, 6.07) is 18.1. The lowest BCUT2D eigenvalue weighted by molar-refractivity contribution is 0.0950. The highest BCUT2D eigenvalue weighted by atomic mass is 32.2. The molecule has 0 atom stereocenters. The quantitative estimate of drug-likeness (QED) is 0.266. The summed E-state index contributed by atoms with van der Waals surface area (Å²) in [5.41, 5.74) is 3.51. The summed E-state index contributed by atoms with van der Waals surface area (Å²) in [6.45, 7) is 6.44. The topological polar surface area (TPSA) is 121 Å². The van der Waals surface area contributed by atoms with Crippen LogP contribution in [0.4, 0.5) is 5.82 Å². The van der Waals surface area contributed by atoms with E-state index >= 15 is 0 Å². The van der Waals surface area contributed by atoms with Crippen molar-refractivity contribution in [2.45, 2.75) is 43.5 Å². The summed E-state index contributed by atoms with van der Waals surface area (Å²) in [5.74, 6) is 0.324. The fraction of sp³-hybridized carbons (Fsp3) is 0.382. The molecule has 0 saturated carbocycles. The summed E-state index contributed by atoms with van der Waals surface area (Å²) < 4.78 is 32.6. The molecule has 2 saturated heterocycles. The number of aromatic nitrogens is 3. The van der Waals surface area contributed by atoms with Crippen LogP contribution in [0.5, 0.6) is 0 Å². The van der Waals surface area contributed by atoms with Gasteiger partial charge in [-0.2, -0.15) is 0 Å². The number of piperidine rings is 1. The zero-order valence-electron chi connectivity index (χ0n) is 26.2. The molecule has 3 aromatic heterocycles. The first-order valence-electron chi connectivity index (χ1n) is 16.0. The van der Waals surface area contributed by atoms with Gasteiger partial charge in [0.15, 0.2) is 5.65 Å². The van der Waals surface area contributed by atoms with Crippen molar-refractivity contribution in [1.29, 1.82) is 0 Å². The maximum Gasteiger partial charge on any atom is 0.259 e. The highest BCUT2D eigenvalue weighted by Gasteiger charge is 2.28. The summed E-state index contributed by atoms with van der Waals surface area (Å²) >= 11 is 0. The van der Waals surface area contributed by atoms with E-state index in [1.165, 1.54) is 12.8 Å². The number of likely N-dealkylation sites (tertiary alicyclic amines) is 1. The number of carbonyl (C=O) groups excluding carboxylic acids is 1. The highest BCUT2D eigenvalue weighted by Crippen LogP contribution is 2.28. The van der Waals surface area contributed by atoms with Gasteiger partial charge < -0.3 is 19.7 Å². The van der Waals surface area contributed by atoms with Crippen LogP contribution in [0, 0.1) is 6.92 Å². The largest absolute Gasteiger partial charge is 0.356 e. The molecule has 240 valence electrons. The third-order valence-electron chi connectivity index (χ3n) is 9.39. The van der Waals surface area contributed by atoms with Gasteiger partial charge in [-0.3, -0.25) is 14.0 Å². The smallest absolute Gasteiger partial charge is 0.259 e. The van der Waals surface area contributed by atoms with E-state index in [4.69, 9.17) is 4.98 Å². The molecule has 2 aliphatic heterocycles. The van der Waals surface area contributed by atoms with Gasteiger partial charge in [0, 0.05) is 39.3 Å². The molecular formula is C34H39N7O4S. The average molecular weight is 642 g/mol. The van der Waals surface area contributed by atoms with E-state index in [1.807, 2.05) is 53.3 Å². The van der Waals surface area contributed by atoms with Gasteiger partial charge in [0.25, 0.3) is 5.91 Å². The van der Waals surface area contributed by atoms with Crippen molar-refractivity contribution in [3.8, 4) is 0 Å². The first kappa shape index (κ1) is 30.4. The normalized spacial score (nSPS) is 16.6. The van der Waals surface area contributed by atoms with E-state index in [1.54, 1.807) is 30.3 Å². The van der Waals surface area contributed by atoms with Gasteiger partial charge in [0.2, 0.25) is 15.5 Å². The average Bonchev–Trinajstić information content (AvgIpc) is 3.68. The minimum Gasteiger partial charge on any atom is -0.356 e. The molecule has 11 nitrogen and oxygen atoms in total. The molecule has 2 fully saturated rings. The first-order chi connectivity index (χ1) is 22.2. The number of aryl methyl sites for hydroxylation is 2. The first-order valence-corrected chi connectivity index (χ1v) is 17.5.